The summed E-state index contributed by atoms with van der Waals surface area (Å²) in [5, 5.41) is 4.49. The molecule has 4 aliphatic heterocycles. The van der Waals surface area contributed by atoms with Gasteiger partial charge in [-0.05, 0) is 30.7 Å². The SMILES string of the molecule is O=C(CN1CC2CC(C1)N2c1ccccn1)N1CCc2nn(-c3ccc(C(F)(F)F)cn3)cc2C1. The van der Waals surface area contributed by atoms with Gasteiger partial charge in [0.1, 0.15) is 5.82 Å². The van der Waals surface area contributed by atoms with Crippen LogP contribution < -0.4 is 4.90 Å². The highest BCUT2D eigenvalue weighted by Crippen LogP contribution is 2.36. The topological polar surface area (TPSA) is 70.4 Å². The maximum atomic E-state index is 13.1. The van der Waals surface area contributed by atoms with Crippen LogP contribution in [0, 0.1) is 0 Å². The predicted octanol–water partition coefficient (Wildman–Crippen LogP) is 2.53. The smallest absolute Gasteiger partial charge is 0.348 e. The van der Waals surface area contributed by atoms with Crippen molar-refractivity contribution in [2.75, 3.05) is 31.1 Å². The minimum absolute atomic E-state index is 0.0849. The average molecular weight is 483 g/mol. The molecule has 2 atom stereocenters. The summed E-state index contributed by atoms with van der Waals surface area (Å²) in [5.41, 5.74) is 0.948. The van der Waals surface area contributed by atoms with E-state index in [0.717, 1.165) is 48.8 Å². The van der Waals surface area contributed by atoms with Gasteiger partial charge in [-0.25, -0.2) is 14.6 Å². The number of rotatable bonds is 4. The highest BCUT2D eigenvalue weighted by atomic mass is 19.4. The number of piperidine rings is 1. The first kappa shape index (κ1) is 22.0. The fourth-order valence-corrected chi connectivity index (χ4v) is 5.33. The zero-order valence-electron chi connectivity index (χ0n) is 18.9. The second-order valence-corrected chi connectivity index (χ2v) is 9.35. The lowest BCUT2D eigenvalue weighted by Crippen LogP contribution is -2.69. The largest absolute Gasteiger partial charge is 0.417 e. The van der Waals surface area contributed by atoms with Gasteiger partial charge < -0.3 is 9.80 Å². The summed E-state index contributed by atoms with van der Waals surface area (Å²) >= 11 is 0. The van der Waals surface area contributed by atoms with E-state index in [1.54, 1.807) is 6.20 Å². The molecule has 0 saturated carbocycles. The van der Waals surface area contributed by atoms with Crippen LogP contribution in [0.3, 0.4) is 0 Å². The summed E-state index contributed by atoms with van der Waals surface area (Å²) < 4.78 is 39.9. The molecule has 3 aromatic rings. The van der Waals surface area contributed by atoms with Crippen molar-refractivity contribution < 1.29 is 18.0 Å². The first-order valence-electron chi connectivity index (χ1n) is 11.7. The summed E-state index contributed by atoms with van der Waals surface area (Å²) in [4.78, 5) is 27.9. The molecule has 0 N–H and O–H groups in total. The molecule has 8 nitrogen and oxygen atoms in total. The number of piperazine rings is 1. The van der Waals surface area contributed by atoms with Crippen LogP contribution in [-0.4, -0.2) is 73.7 Å². The number of aromatic nitrogens is 4. The third kappa shape index (κ3) is 4.13. The van der Waals surface area contributed by atoms with E-state index in [2.05, 4.69) is 24.9 Å². The molecule has 4 aliphatic rings. The van der Waals surface area contributed by atoms with Gasteiger partial charge in [-0.3, -0.25) is 9.69 Å². The molecule has 7 rings (SSSR count). The Kier molecular flexibility index (Phi) is 5.24. The number of halogens is 3. The van der Waals surface area contributed by atoms with Crippen molar-refractivity contribution in [1.82, 2.24) is 29.5 Å². The summed E-state index contributed by atoms with van der Waals surface area (Å²) in [6.07, 6.45) is 1.68. The number of hydrogen-bond acceptors (Lipinski definition) is 6. The van der Waals surface area contributed by atoms with Gasteiger partial charge in [0.25, 0.3) is 0 Å². The Bertz CT molecular complexity index is 1220. The summed E-state index contributed by atoms with van der Waals surface area (Å²) in [7, 11) is 0. The van der Waals surface area contributed by atoms with Crippen LogP contribution in [0.4, 0.5) is 19.0 Å². The molecule has 0 aromatic carbocycles. The zero-order valence-corrected chi connectivity index (χ0v) is 18.9. The van der Waals surface area contributed by atoms with Crippen LogP contribution in [0.25, 0.3) is 5.82 Å². The van der Waals surface area contributed by atoms with Gasteiger partial charge in [-0.1, -0.05) is 6.07 Å². The van der Waals surface area contributed by atoms with E-state index in [-0.39, 0.29) is 5.91 Å². The zero-order chi connectivity index (χ0) is 24.2. The van der Waals surface area contributed by atoms with Crippen molar-refractivity contribution in [3.05, 3.63) is 65.7 Å². The Labute approximate surface area is 200 Å². The molecule has 0 aliphatic carbocycles. The van der Waals surface area contributed by atoms with Gasteiger partial charge >= 0.3 is 6.18 Å². The monoisotopic (exact) mass is 483 g/mol. The number of carbonyl (C=O) groups is 1. The van der Waals surface area contributed by atoms with Crippen molar-refractivity contribution in [3.8, 4) is 5.82 Å². The maximum absolute atomic E-state index is 13.1. The number of carbonyl (C=O) groups excluding carboxylic acids is 1. The molecule has 0 radical (unpaired) electrons. The third-order valence-corrected chi connectivity index (χ3v) is 7.06. The third-order valence-electron chi connectivity index (χ3n) is 7.06. The van der Waals surface area contributed by atoms with E-state index in [4.69, 9.17) is 0 Å². The Morgan fingerprint density at radius 3 is 2.57 bits per heavy atom. The van der Waals surface area contributed by atoms with Crippen LogP contribution in [0.1, 0.15) is 23.2 Å². The van der Waals surface area contributed by atoms with E-state index >= 15 is 0 Å². The standard InChI is InChI=1S/C24H24F3N7O/c25-24(26,27)17-4-5-21(29-10-17)33-12-16-11-32(8-6-20(16)30-33)23(35)15-31-13-18-9-19(14-31)34(18)22-3-1-2-7-28-22/h1-5,7,10,12,18-19H,6,8-9,11,13-15H2. The number of fused-ring (bicyclic) bond motifs is 3. The van der Waals surface area contributed by atoms with Crippen molar-refractivity contribution >= 4 is 11.7 Å². The average Bonchev–Trinajstić information content (AvgIpc) is 3.28. The number of nitrogens with zero attached hydrogens (tertiary/aromatic N) is 7. The summed E-state index contributed by atoms with van der Waals surface area (Å²) in [6.45, 7) is 3.08. The molecule has 11 heteroatoms. The van der Waals surface area contributed by atoms with Crippen LogP contribution >= 0.6 is 0 Å². The first-order chi connectivity index (χ1) is 16.8. The lowest BCUT2D eigenvalue weighted by atomic mass is 9.87. The Morgan fingerprint density at radius 1 is 1.06 bits per heavy atom. The minimum atomic E-state index is -4.43. The molecule has 2 unspecified atom stereocenters. The molecule has 3 aromatic heterocycles. The summed E-state index contributed by atoms with van der Waals surface area (Å²) in [6, 6.07) is 9.02. The van der Waals surface area contributed by atoms with Gasteiger partial charge in [0, 0.05) is 68.8 Å². The van der Waals surface area contributed by atoms with Crippen LogP contribution in [-0.2, 0) is 23.9 Å². The quantitative estimate of drug-likeness (QED) is 0.568. The highest BCUT2D eigenvalue weighted by molar-refractivity contribution is 5.78. The molecule has 182 valence electrons. The second-order valence-electron chi connectivity index (χ2n) is 9.35. The Balaban J connectivity index is 1.07. The van der Waals surface area contributed by atoms with E-state index < -0.39 is 11.7 Å². The minimum Gasteiger partial charge on any atom is -0.348 e. The van der Waals surface area contributed by atoms with E-state index in [1.165, 1.54) is 10.7 Å². The van der Waals surface area contributed by atoms with E-state index in [0.29, 0.717) is 44.0 Å². The normalized spacial score (nSPS) is 22.0. The lowest BCUT2D eigenvalue weighted by Gasteiger charge is -2.57. The van der Waals surface area contributed by atoms with Crippen molar-refractivity contribution in [1.29, 1.82) is 0 Å². The number of pyridine rings is 2. The van der Waals surface area contributed by atoms with Crippen molar-refractivity contribution in [3.63, 3.8) is 0 Å². The first-order valence-corrected chi connectivity index (χ1v) is 11.7. The van der Waals surface area contributed by atoms with Crippen LogP contribution in [0.2, 0.25) is 0 Å². The highest BCUT2D eigenvalue weighted by Gasteiger charge is 2.45. The molecule has 35 heavy (non-hydrogen) atoms. The van der Waals surface area contributed by atoms with Gasteiger partial charge in [-0.15, -0.1) is 0 Å². The molecule has 2 bridgehead atoms. The predicted molar refractivity (Wildman–Crippen MR) is 121 cm³/mol. The van der Waals surface area contributed by atoms with Crippen LogP contribution in [0.5, 0.6) is 0 Å². The number of hydrogen-bond donors (Lipinski definition) is 0. The second kappa shape index (κ2) is 8.33. The van der Waals surface area contributed by atoms with Gasteiger partial charge in [0.15, 0.2) is 5.82 Å². The molecule has 0 spiro atoms. The van der Waals surface area contributed by atoms with Crippen molar-refractivity contribution in [2.45, 2.75) is 37.6 Å². The van der Waals surface area contributed by atoms with Crippen LogP contribution in [0.15, 0.2) is 48.9 Å². The molecular formula is C24H24F3N7O. The molecule has 3 saturated heterocycles. The summed E-state index contributed by atoms with van der Waals surface area (Å²) in [5.74, 6) is 1.40. The van der Waals surface area contributed by atoms with Gasteiger partial charge in [-0.2, -0.15) is 18.3 Å². The lowest BCUT2D eigenvalue weighted by molar-refractivity contribution is -0.138. The number of alkyl halides is 3. The molecule has 7 heterocycles. The molecular weight excluding hydrogens is 459 g/mol. The molecule has 3 fully saturated rings. The van der Waals surface area contributed by atoms with Crippen molar-refractivity contribution in [2.24, 2.45) is 0 Å². The fourth-order valence-electron chi connectivity index (χ4n) is 5.33. The van der Waals surface area contributed by atoms with E-state index in [9.17, 15) is 18.0 Å². The Morgan fingerprint density at radius 2 is 1.89 bits per heavy atom. The maximum Gasteiger partial charge on any atom is 0.417 e. The van der Waals surface area contributed by atoms with Gasteiger partial charge in [0.2, 0.25) is 5.91 Å². The number of anilines is 1. The molecule has 1 amide bonds. The van der Waals surface area contributed by atoms with Gasteiger partial charge in [0.05, 0.1) is 17.8 Å². The number of amides is 1. The Hall–Kier alpha value is -3.47. The fraction of sp³-hybridized carbons (Fsp3) is 0.417. The van der Waals surface area contributed by atoms with E-state index in [1.807, 2.05) is 29.3 Å².